The van der Waals surface area contributed by atoms with Crippen molar-refractivity contribution in [1.29, 1.82) is 0 Å². The van der Waals surface area contributed by atoms with Crippen molar-refractivity contribution in [2.45, 2.75) is 13.5 Å². The van der Waals surface area contributed by atoms with Crippen LogP contribution in [0.1, 0.15) is 12.5 Å². The second kappa shape index (κ2) is 6.32. The Morgan fingerprint density at radius 3 is 2.71 bits per heavy atom. The molecule has 2 aromatic heterocycles. The van der Waals surface area contributed by atoms with E-state index in [1.54, 1.807) is 30.0 Å². The molecule has 0 fully saturated rings. The summed E-state index contributed by atoms with van der Waals surface area (Å²) in [7, 11) is 1.55. The van der Waals surface area contributed by atoms with Gasteiger partial charge in [0.1, 0.15) is 0 Å². The number of imidazole rings is 1. The first-order valence-corrected chi connectivity index (χ1v) is 7.63. The number of rotatable bonds is 4. The summed E-state index contributed by atoms with van der Waals surface area (Å²) in [4.78, 5) is 30.3. The summed E-state index contributed by atoms with van der Waals surface area (Å²) in [5.41, 5.74) is 3.31. The molecule has 0 bridgehead atoms. The van der Waals surface area contributed by atoms with Gasteiger partial charge in [-0.3, -0.25) is 14.3 Å². The van der Waals surface area contributed by atoms with Crippen molar-refractivity contribution in [2.75, 3.05) is 5.43 Å². The Balaban J connectivity index is 1.99. The van der Waals surface area contributed by atoms with Gasteiger partial charge in [-0.05, 0) is 24.6 Å². The van der Waals surface area contributed by atoms with Gasteiger partial charge in [-0.25, -0.2) is 10.2 Å². The van der Waals surface area contributed by atoms with Crippen LogP contribution < -0.4 is 16.7 Å². The molecular weight excluding hydrogens is 332 g/mol. The van der Waals surface area contributed by atoms with E-state index in [2.05, 4.69) is 20.5 Å². The predicted octanol–water partition coefficient (Wildman–Crippen LogP) is 1.54. The molecule has 0 aliphatic rings. The zero-order valence-electron chi connectivity index (χ0n) is 13.1. The number of hydrazone groups is 1. The van der Waals surface area contributed by atoms with E-state index in [0.717, 1.165) is 5.56 Å². The SMILES string of the molecule is CCn1c(N/N=C\c2ccc(Cl)cc2)nc2c1c(=O)[nH]c(=O)n2C. The Morgan fingerprint density at radius 2 is 2.04 bits per heavy atom. The maximum atomic E-state index is 12.1. The number of nitrogens with zero attached hydrogens (tertiary/aromatic N) is 4. The molecule has 0 aliphatic carbocycles. The van der Waals surface area contributed by atoms with E-state index in [1.807, 2.05) is 19.1 Å². The van der Waals surface area contributed by atoms with Crippen molar-refractivity contribution in [3.63, 3.8) is 0 Å². The monoisotopic (exact) mass is 346 g/mol. The maximum absolute atomic E-state index is 12.1. The third kappa shape index (κ3) is 2.83. The number of anilines is 1. The number of nitrogens with one attached hydrogen (secondary N) is 2. The third-order valence-corrected chi connectivity index (χ3v) is 3.82. The molecule has 3 rings (SSSR count). The number of halogens is 1. The largest absolute Gasteiger partial charge is 0.329 e. The smallest absolute Gasteiger partial charge is 0.303 e. The number of fused-ring (bicyclic) bond motifs is 1. The van der Waals surface area contributed by atoms with Gasteiger partial charge >= 0.3 is 5.69 Å². The van der Waals surface area contributed by atoms with Gasteiger partial charge in [0, 0.05) is 18.6 Å². The summed E-state index contributed by atoms with van der Waals surface area (Å²) in [6, 6.07) is 7.18. The van der Waals surface area contributed by atoms with Crippen LogP contribution in [0.2, 0.25) is 5.02 Å². The van der Waals surface area contributed by atoms with Crippen LogP contribution in [-0.4, -0.2) is 25.3 Å². The van der Waals surface area contributed by atoms with E-state index in [4.69, 9.17) is 11.6 Å². The minimum absolute atomic E-state index is 0.301. The Morgan fingerprint density at radius 1 is 1.33 bits per heavy atom. The fourth-order valence-electron chi connectivity index (χ4n) is 2.34. The van der Waals surface area contributed by atoms with Crippen molar-refractivity contribution in [1.82, 2.24) is 19.1 Å². The van der Waals surface area contributed by atoms with Crippen LogP contribution in [0.4, 0.5) is 5.95 Å². The Labute approximate surface area is 141 Å². The second-order valence-corrected chi connectivity index (χ2v) is 5.53. The number of aromatic amines is 1. The van der Waals surface area contributed by atoms with Gasteiger partial charge in [0.05, 0.1) is 6.21 Å². The van der Waals surface area contributed by atoms with Crippen molar-refractivity contribution in [3.05, 3.63) is 55.7 Å². The van der Waals surface area contributed by atoms with Crippen LogP contribution in [0.15, 0.2) is 39.0 Å². The number of hydrogen-bond acceptors (Lipinski definition) is 5. The summed E-state index contributed by atoms with van der Waals surface area (Å²) in [5.74, 6) is 0.379. The lowest BCUT2D eigenvalue weighted by Gasteiger charge is -2.03. The molecule has 24 heavy (non-hydrogen) atoms. The van der Waals surface area contributed by atoms with Gasteiger partial charge in [0.25, 0.3) is 5.56 Å². The highest BCUT2D eigenvalue weighted by Gasteiger charge is 2.15. The van der Waals surface area contributed by atoms with Crippen molar-refractivity contribution in [3.8, 4) is 0 Å². The molecule has 0 saturated carbocycles. The quantitative estimate of drug-likeness (QED) is 0.553. The van der Waals surface area contributed by atoms with Crippen LogP contribution >= 0.6 is 11.6 Å². The van der Waals surface area contributed by atoms with Crippen molar-refractivity contribution < 1.29 is 0 Å². The van der Waals surface area contributed by atoms with E-state index in [9.17, 15) is 9.59 Å². The lowest BCUT2D eigenvalue weighted by atomic mass is 10.2. The number of aryl methyl sites for hydroxylation is 2. The molecule has 0 spiro atoms. The number of benzene rings is 1. The zero-order valence-corrected chi connectivity index (χ0v) is 13.8. The lowest BCUT2D eigenvalue weighted by Crippen LogP contribution is -2.29. The average molecular weight is 347 g/mol. The summed E-state index contributed by atoms with van der Waals surface area (Å²) in [5, 5.41) is 4.77. The normalized spacial score (nSPS) is 11.5. The average Bonchev–Trinajstić information content (AvgIpc) is 2.94. The Bertz CT molecular complexity index is 1030. The molecule has 0 unspecified atom stereocenters. The first kappa shape index (κ1) is 16.0. The molecule has 8 nitrogen and oxygen atoms in total. The first-order chi connectivity index (χ1) is 11.5. The number of aromatic nitrogens is 4. The highest BCUT2D eigenvalue weighted by molar-refractivity contribution is 6.30. The van der Waals surface area contributed by atoms with Gasteiger partial charge in [-0.15, -0.1) is 0 Å². The summed E-state index contributed by atoms with van der Waals surface area (Å²) >= 11 is 5.83. The van der Waals surface area contributed by atoms with E-state index >= 15 is 0 Å². The molecule has 2 heterocycles. The van der Waals surface area contributed by atoms with Crippen LogP contribution in [-0.2, 0) is 13.6 Å². The number of hydrogen-bond donors (Lipinski definition) is 2. The molecule has 0 radical (unpaired) electrons. The van der Waals surface area contributed by atoms with Crippen LogP contribution in [0.25, 0.3) is 11.2 Å². The van der Waals surface area contributed by atoms with Gasteiger partial charge in [-0.2, -0.15) is 10.1 Å². The summed E-state index contributed by atoms with van der Waals surface area (Å²) < 4.78 is 2.95. The van der Waals surface area contributed by atoms with E-state index in [-0.39, 0.29) is 0 Å². The van der Waals surface area contributed by atoms with E-state index in [1.165, 1.54) is 4.57 Å². The minimum atomic E-state index is -0.510. The topological polar surface area (TPSA) is 97.1 Å². The van der Waals surface area contributed by atoms with Crippen molar-refractivity contribution in [2.24, 2.45) is 12.1 Å². The molecule has 0 saturated heterocycles. The zero-order chi connectivity index (χ0) is 17.3. The van der Waals surface area contributed by atoms with Gasteiger partial charge in [0.2, 0.25) is 5.95 Å². The highest BCUT2D eigenvalue weighted by atomic mass is 35.5. The van der Waals surface area contributed by atoms with E-state index in [0.29, 0.717) is 28.7 Å². The fourth-order valence-corrected chi connectivity index (χ4v) is 2.47. The molecule has 0 aliphatic heterocycles. The second-order valence-electron chi connectivity index (χ2n) is 5.09. The minimum Gasteiger partial charge on any atom is -0.303 e. The summed E-state index contributed by atoms with van der Waals surface area (Å²) in [6.07, 6.45) is 1.61. The first-order valence-electron chi connectivity index (χ1n) is 7.25. The highest BCUT2D eigenvalue weighted by Crippen LogP contribution is 2.15. The van der Waals surface area contributed by atoms with Gasteiger partial charge < -0.3 is 4.57 Å². The Kier molecular flexibility index (Phi) is 4.22. The maximum Gasteiger partial charge on any atom is 0.329 e. The van der Waals surface area contributed by atoms with E-state index < -0.39 is 11.2 Å². The molecular formula is C15H15ClN6O2. The molecule has 1 aromatic carbocycles. The molecule has 3 aromatic rings. The van der Waals surface area contributed by atoms with Gasteiger partial charge in [0.15, 0.2) is 11.2 Å². The standard InChI is InChI=1S/C15H15ClN6O2/c1-3-22-11-12(21(2)15(24)19-13(11)23)18-14(22)20-17-8-9-4-6-10(16)7-5-9/h4-8H,3H2,1-2H3,(H,18,20)(H,19,23,24)/b17-8-. The molecule has 0 atom stereocenters. The number of H-pyrrole nitrogens is 1. The molecule has 0 amide bonds. The third-order valence-electron chi connectivity index (χ3n) is 3.57. The predicted molar refractivity (Wildman–Crippen MR) is 93.9 cm³/mol. The fraction of sp³-hybridized carbons (Fsp3) is 0.200. The Hall–Kier alpha value is -2.87. The van der Waals surface area contributed by atoms with Gasteiger partial charge in [-0.1, -0.05) is 23.7 Å². The molecule has 9 heteroatoms. The summed E-state index contributed by atoms with van der Waals surface area (Å²) in [6.45, 7) is 2.37. The molecule has 2 N–H and O–H groups in total. The van der Waals surface area contributed by atoms with Crippen LogP contribution in [0, 0.1) is 0 Å². The van der Waals surface area contributed by atoms with Crippen LogP contribution in [0.5, 0.6) is 0 Å². The lowest BCUT2D eigenvalue weighted by molar-refractivity contribution is 0.781. The van der Waals surface area contributed by atoms with Crippen molar-refractivity contribution >= 4 is 34.9 Å². The molecule has 124 valence electrons. The van der Waals surface area contributed by atoms with Crippen LogP contribution in [0.3, 0.4) is 0 Å².